The Balaban J connectivity index is 2.98. The fourth-order valence-electron chi connectivity index (χ4n) is 1.80. The summed E-state index contributed by atoms with van der Waals surface area (Å²) in [5.41, 5.74) is 6.54. The summed E-state index contributed by atoms with van der Waals surface area (Å²) in [6, 6.07) is 3.70. The molecule has 1 atom stereocenters. The van der Waals surface area contributed by atoms with Crippen molar-refractivity contribution in [1.82, 2.24) is 0 Å². The summed E-state index contributed by atoms with van der Waals surface area (Å²) in [5.74, 6) is -0.338. The number of nitrogens with two attached hydrogens (primary N) is 1. The second kappa shape index (κ2) is 7.04. The number of nitrogens with one attached hydrogen (secondary N) is 1. The van der Waals surface area contributed by atoms with E-state index >= 15 is 0 Å². The van der Waals surface area contributed by atoms with E-state index in [4.69, 9.17) is 18.0 Å². The summed E-state index contributed by atoms with van der Waals surface area (Å²) in [4.78, 5) is 0.188. The molecule has 1 aromatic carbocycles. The van der Waals surface area contributed by atoms with Gasteiger partial charge in [0.1, 0.15) is 4.99 Å². The standard InChI is InChI=1S/C13H18BrFN2S/c1-3-5-8(4-2)17-10-7-6-9(13(16)18)11(14)12(10)15/h6-8,17H,3-5H2,1-2H3,(H2,16,18). The number of rotatable bonds is 6. The molecule has 0 radical (unpaired) electrons. The Morgan fingerprint density at radius 2 is 2.17 bits per heavy atom. The van der Waals surface area contributed by atoms with Crippen LogP contribution in [0.3, 0.4) is 0 Å². The van der Waals surface area contributed by atoms with E-state index in [9.17, 15) is 4.39 Å². The summed E-state index contributed by atoms with van der Waals surface area (Å²) in [6.07, 6.45) is 3.05. The normalized spacial score (nSPS) is 12.2. The fourth-order valence-corrected chi connectivity index (χ4v) is 2.66. The van der Waals surface area contributed by atoms with E-state index in [0.29, 0.717) is 15.7 Å². The molecule has 2 nitrogen and oxygen atoms in total. The van der Waals surface area contributed by atoms with Crippen molar-refractivity contribution in [3.8, 4) is 0 Å². The van der Waals surface area contributed by atoms with E-state index in [1.165, 1.54) is 0 Å². The van der Waals surface area contributed by atoms with Gasteiger partial charge in [0.15, 0.2) is 5.82 Å². The van der Waals surface area contributed by atoms with E-state index in [1.54, 1.807) is 12.1 Å². The lowest BCUT2D eigenvalue weighted by Crippen LogP contribution is -2.19. The van der Waals surface area contributed by atoms with Crippen molar-refractivity contribution in [2.75, 3.05) is 5.32 Å². The molecule has 18 heavy (non-hydrogen) atoms. The minimum absolute atomic E-state index is 0.188. The highest BCUT2D eigenvalue weighted by molar-refractivity contribution is 9.10. The van der Waals surface area contributed by atoms with E-state index in [1.807, 2.05) is 0 Å². The van der Waals surface area contributed by atoms with Gasteiger partial charge in [-0.25, -0.2) is 4.39 Å². The molecule has 0 aliphatic heterocycles. The van der Waals surface area contributed by atoms with Gasteiger partial charge in [0, 0.05) is 11.6 Å². The maximum absolute atomic E-state index is 14.1. The third-order valence-corrected chi connectivity index (χ3v) is 3.83. The quantitative estimate of drug-likeness (QED) is 0.766. The molecule has 0 saturated heterocycles. The molecule has 0 bridgehead atoms. The van der Waals surface area contributed by atoms with Crippen molar-refractivity contribution in [3.05, 3.63) is 28.0 Å². The molecule has 0 heterocycles. The highest BCUT2D eigenvalue weighted by Gasteiger charge is 2.14. The lowest BCUT2D eigenvalue weighted by atomic mass is 10.1. The average molecular weight is 333 g/mol. The Morgan fingerprint density at radius 3 is 2.67 bits per heavy atom. The molecule has 0 aliphatic carbocycles. The summed E-state index contributed by atoms with van der Waals surface area (Å²) in [6.45, 7) is 4.20. The summed E-state index contributed by atoms with van der Waals surface area (Å²) < 4.78 is 14.5. The van der Waals surface area contributed by atoms with E-state index in [2.05, 4.69) is 35.1 Å². The van der Waals surface area contributed by atoms with Crippen molar-refractivity contribution in [2.45, 2.75) is 39.2 Å². The van der Waals surface area contributed by atoms with Gasteiger partial charge in [-0.3, -0.25) is 0 Å². The van der Waals surface area contributed by atoms with Crippen molar-refractivity contribution >= 4 is 38.8 Å². The van der Waals surface area contributed by atoms with Gasteiger partial charge in [0.05, 0.1) is 10.2 Å². The molecule has 100 valence electrons. The maximum Gasteiger partial charge on any atom is 0.161 e. The maximum atomic E-state index is 14.1. The number of thiocarbonyl (C=S) groups is 1. The number of hydrogen-bond acceptors (Lipinski definition) is 2. The van der Waals surface area contributed by atoms with Gasteiger partial charge in [0.25, 0.3) is 0 Å². The third-order valence-electron chi connectivity index (χ3n) is 2.84. The molecule has 0 aliphatic rings. The smallest absolute Gasteiger partial charge is 0.161 e. The minimum atomic E-state index is -0.338. The van der Waals surface area contributed by atoms with Crippen LogP contribution >= 0.6 is 28.1 Å². The molecule has 0 spiro atoms. The zero-order valence-corrected chi connectivity index (χ0v) is 13.0. The molecule has 1 aromatic rings. The van der Waals surface area contributed by atoms with Crippen LogP contribution in [-0.2, 0) is 0 Å². The van der Waals surface area contributed by atoms with Gasteiger partial charge in [-0.1, -0.05) is 32.5 Å². The van der Waals surface area contributed by atoms with E-state index in [0.717, 1.165) is 19.3 Å². The first-order chi connectivity index (χ1) is 8.51. The van der Waals surface area contributed by atoms with Crippen molar-refractivity contribution in [3.63, 3.8) is 0 Å². The second-order valence-corrected chi connectivity index (χ2v) is 5.42. The number of anilines is 1. The van der Waals surface area contributed by atoms with Gasteiger partial charge in [0.2, 0.25) is 0 Å². The van der Waals surface area contributed by atoms with Crippen LogP contribution in [0.4, 0.5) is 10.1 Å². The van der Waals surface area contributed by atoms with Gasteiger partial charge in [-0.2, -0.15) is 0 Å². The Hall–Kier alpha value is -0.680. The Bertz CT molecular complexity index is 437. The van der Waals surface area contributed by atoms with Crippen LogP contribution in [0.2, 0.25) is 0 Å². The monoisotopic (exact) mass is 332 g/mol. The average Bonchev–Trinajstić information content (AvgIpc) is 2.33. The first-order valence-corrected chi connectivity index (χ1v) is 7.25. The van der Waals surface area contributed by atoms with Crippen LogP contribution in [0.25, 0.3) is 0 Å². The zero-order chi connectivity index (χ0) is 13.7. The highest BCUT2D eigenvalue weighted by Crippen LogP contribution is 2.28. The molecule has 1 unspecified atom stereocenters. The molecule has 0 saturated carbocycles. The van der Waals surface area contributed by atoms with Gasteiger partial charge >= 0.3 is 0 Å². The molecule has 0 amide bonds. The second-order valence-electron chi connectivity index (χ2n) is 4.19. The predicted molar refractivity (Wildman–Crippen MR) is 82.6 cm³/mol. The molecular weight excluding hydrogens is 315 g/mol. The molecule has 3 N–H and O–H groups in total. The Morgan fingerprint density at radius 1 is 1.50 bits per heavy atom. The molecule has 0 aromatic heterocycles. The summed E-state index contributed by atoms with van der Waals surface area (Å²) in [5, 5.41) is 3.22. The van der Waals surface area contributed by atoms with Crippen molar-refractivity contribution < 1.29 is 4.39 Å². The third kappa shape index (κ3) is 3.65. The Labute approximate surface area is 121 Å². The number of hydrogen-bond donors (Lipinski definition) is 2. The predicted octanol–water partition coefficient (Wildman–Crippen LogP) is 4.21. The summed E-state index contributed by atoms with van der Waals surface area (Å²) >= 11 is 8.07. The van der Waals surface area contributed by atoms with E-state index < -0.39 is 0 Å². The summed E-state index contributed by atoms with van der Waals surface area (Å²) in [7, 11) is 0. The SMILES string of the molecule is CCCC(CC)Nc1ccc(C(N)=S)c(Br)c1F. The highest BCUT2D eigenvalue weighted by atomic mass is 79.9. The first-order valence-electron chi connectivity index (χ1n) is 6.05. The van der Waals surface area contributed by atoms with Crippen LogP contribution in [0, 0.1) is 5.82 Å². The van der Waals surface area contributed by atoms with Crippen molar-refractivity contribution in [1.29, 1.82) is 0 Å². The fraction of sp³-hybridized carbons (Fsp3) is 0.462. The topological polar surface area (TPSA) is 38.0 Å². The van der Waals surface area contributed by atoms with Crippen LogP contribution in [-0.4, -0.2) is 11.0 Å². The van der Waals surface area contributed by atoms with Gasteiger partial charge in [-0.05, 0) is 40.9 Å². The van der Waals surface area contributed by atoms with Crippen LogP contribution in [0.15, 0.2) is 16.6 Å². The largest absolute Gasteiger partial charge is 0.389 e. The van der Waals surface area contributed by atoms with Crippen LogP contribution in [0.5, 0.6) is 0 Å². The first kappa shape index (κ1) is 15.4. The minimum Gasteiger partial charge on any atom is -0.389 e. The molecule has 1 rings (SSSR count). The van der Waals surface area contributed by atoms with Crippen molar-refractivity contribution in [2.24, 2.45) is 5.73 Å². The molecular formula is C13H18BrFN2S. The van der Waals surface area contributed by atoms with Crippen LogP contribution in [0.1, 0.15) is 38.7 Å². The lowest BCUT2D eigenvalue weighted by molar-refractivity contribution is 0.595. The zero-order valence-electron chi connectivity index (χ0n) is 10.6. The lowest BCUT2D eigenvalue weighted by Gasteiger charge is -2.19. The van der Waals surface area contributed by atoms with E-state index in [-0.39, 0.29) is 16.8 Å². The molecule has 5 heteroatoms. The Kier molecular flexibility index (Phi) is 6.02. The van der Waals surface area contributed by atoms with Crippen LogP contribution < -0.4 is 11.1 Å². The van der Waals surface area contributed by atoms with Gasteiger partial charge < -0.3 is 11.1 Å². The number of halogens is 2. The van der Waals surface area contributed by atoms with Gasteiger partial charge in [-0.15, -0.1) is 0 Å². The number of benzene rings is 1. The molecule has 0 fully saturated rings.